The summed E-state index contributed by atoms with van der Waals surface area (Å²) in [5.41, 5.74) is 2.00. The Kier molecular flexibility index (Phi) is 6.69. The van der Waals surface area contributed by atoms with Crippen molar-refractivity contribution in [2.24, 2.45) is 0 Å². The fourth-order valence-electron chi connectivity index (χ4n) is 2.53. The molecule has 0 saturated carbocycles. The van der Waals surface area contributed by atoms with Gasteiger partial charge in [-0.15, -0.1) is 0 Å². The first-order chi connectivity index (χ1) is 11.6. The third kappa shape index (κ3) is 5.96. The van der Waals surface area contributed by atoms with Crippen LogP contribution in [0.5, 0.6) is 0 Å². The van der Waals surface area contributed by atoms with Crippen LogP contribution in [0.4, 0.5) is 5.82 Å². The molecule has 0 amide bonds. The number of aliphatic carboxylic acids is 1. The molecule has 1 atom stereocenters. The smallest absolute Gasteiger partial charge is 0.303 e. The van der Waals surface area contributed by atoms with E-state index in [1.54, 1.807) is 7.11 Å². The van der Waals surface area contributed by atoms with E-state index < -0.39 is 5.97 Å². The number of rotatable bonds is 9. The first-order valence-corrected chi connectivity index (χ1v) is 7.92. The van der Waals surface area contributed by atoms with Crippen LogP contribution in [0.1, 0.15) is 29.9 Å². The van der Waals surface area contributed by atoms with Crippen molar-refractivity contribution in [2.75, 3.05) is 12.4 Å². The molecule has 6 heteroatoms. The van der Waals surface area contributed by atoms with Crippen molar-refractivity contribution in [1.82, 2.24) is 9.97 Å². The van der Waals surface area contributed by atoms with Crippen LogP contribution in [0.15, 0.2) is 36.4 Å². The van der Waals surface area contributed by atoms with Gasteiger partial charge < -0.3 is 15.2 Å². The molecule has 0 fully saturated rings. The summed E-state index contributed by atoms with van der Waals surface area (Å²) in [6, 6.07) is 11.8. The van der Waals surface area contributed by atoms with E-state index in [1.807, 2.05) is 43.3 Å². The highest BCUT2D eigenvalue weighted by molar-refractivity contribution is 5.66. The van der Waals surface area contributed by atoms with Crippen molar-refractivity contribution in [3.8, 4) is 0 Å². The Labute approximate surface area is 141 Å². The standard InChI is InChI=1S/C18H23N3O3/c1-13-10-16(21-17(19-13)12-24-2)20-15(8-9-18(22)23)11-14-6-4-3-5-7-14/h3-7,10,15H,8-9,11-12H2,1-2H3,(H,22,23)(H,19,20,21). The molecule has 128 valence electrons. The SMILES string of the molecule is COCc1nc(C)cc(NC(CCC(=O)O)Cc2ccccc2)n1. The van der Waals surface area contributed by atoms with Crippen LogP contribution in [0.2, 0.25) is 0 Å². The molecular formula is C18H23N3O3. The number of hydrogen-bond donors (Lipinski definition) is 2. The topological polar surface area (TPSA) is 84.3 Å². The van der Waals surface area contributed by atoms with Gasteiger partial charge in [-0.05, 0) is 25.3 Å². The van der Waals surface area contributed by atoms with E-state index in [0.29, 0.717) is 24.7 Å². The maximum absolute atomic E-state index is 10.9. The molecule has 2 N–H and O–H groups in total. The van der Waals surface area contributed by atoms with Crippen LogP contribution in [0, 0.1) is 6.92 Å². The lowest BCUT2D eigenvalue weighted by molar-refractivity contribution is -0.137. The van der Waals surface area contributed by atoms with Crippen LogP contribution in [-0.2, 0) is 22.6 Å². The van der Waals surface area contributed by atoms with E-state index >= 15 is 0 Å². The molecule has 1 aromatic heterocycles. The van der Waals surface area contributed by atoms with Gasteiger partial charge in [0, 0.05) is 31.3 Å². The third-order valence-corrected chi connectivity index (χ3v) is 3.56. The van der Waals surface area contributed by atoms with Gasteiger partial charge in [0.25, 0.3) is 0 Å². The van der Waals surface area contributed by atoms with Crippen molar-refractivity contribution < 1.29 is 14.6 Å². The number of aryl methyl sites for hydroxylation is 1. The lowest BCUT2D eigenvalue weighted by atomic mass is 10.0. The summed E-state index contributed by atoms with van der Waals surface area (Å²) in [6.07, 6.45) is 1.36. The molecule has 0 radical (unpaired) electrons. The van der Waals surface area contributed by atoms with Gasteiger partial charge in [-0.2, -0.15) is 0 Å². The predicted octanol–water partition coefficient (Wildman–Crippen LogP) is 2.82. The molecule has 6 nitrogen and oxygen atoms in total. The average molecular weight is 329 g/mol. The number of nitrogens with zero attached hydrogens (tertiary/aromatic N) is 2. The number of aromatic nitrogens is 2. The Morgan fingerprint density at radius 2 is 2.04 bits per heavy atom. The van der Waals surface area contributed by atoms with Crippen LogP contribution < -0.4 is 5.32 Å². The average Bonchev–Trinajstić information content (AvgIpc) is 2.53. The van der Waals surface area contributed by atoms with Crippen molar-refractivity contribution >= 4 is 11.8 Å². The minimum absolute atomic E-state index is 0.0202. The molecular weight excluding hydrogens is 306 g/mol. The fraction of sp³-hybridized carbons (Fsp3) is 0.389. The van der Waals surface area contributed by atoms with Gasteiger partial charge in [0.1, 0.15) is 12.4 Å². The van der Waals surface area contributed by atoms with Gasteiger partial charge in [0.15, 0.2) is 5.82 Å². The van der Waals surface area contributed by atoms with Gasteiger partial charge in [0.05, 0.1) is 0 Å². The summed E-state index contributed by atoms with van der Waals surface area (Å²) in [7, 11) is 1.60. The number of carbonyl (C=O) groups is 1. The normalized spacial score (nSPS) is 11.9. The highest BCUT2D eigenvalue weighted by atomic mass is 16.5. The summed E-state index contributed by atoms with van der Waals surface area (Å²) in [6.45, 7) is 2.24. The Morgan fingerprint density at radius 1 is 1.29 bits per heavy atom. The monoisotopic (exact) mass is 329 g/mol. The summed E-state index contributed by atoms with van der Waals surface area (Å²) < 4.78 is 5.09. The molecule has 0 saturated heterocycles. The molecule has 24 heavy (non-hydrogen) atoms. The molecule has 0 bridgehead atoms. The summed E-state index contributed by atoms with van der Waals surface area (Å²) in [5.74, 6) is 0.506. The quantitative estimate of drug-likeness (QED) is 0.736. The van der Waals surface area contributed by atoms with Crippen LogP contribution in [-0.4, -0.2) is 34.2 Å². The van der Waals surface area contributed by atoms with Crippen molar-refractivity contribution in [2.45, 2.75) is 38.8 Å². The van der Waals surface area contributed by atoms with E-state index in [2.05, 4.69) is 15.3 Å². The molecule has 0 aliphatic heterocycles. The Hall–Kier alpha value is -2.47. The Balaban J connectivity index is 2.13. The fourth-order valence-corrected chi connectivity index (χ4v) is 2.53. The number of methoxy groups -OCH3 is 1. The van der Waals surface area contributed by atoms with Gasteiger partial charge in [0.2, 0.25) is 0 Å². The molecule has 0 aliphatic carbocycles. The van der Waals surface area contributed by atoms with Crippen molar-refractivity contribution in [3.63, 3.8) is 0 Å². The van der Waals surface area contributed by atoms with E-state index in [0.717, 1.165) is 17.7 Å². The van der Waals surface area contributed by atoms with E-state index in [1.165, 1.54) is 0 Å². The number of carboxylic acids is 1. The second-order valence-corrected chi connectivity index (χ2v) is 5.71. The molecule has 0 aliphatic rings. The summed E-state index contributed by atoms with van der Waals surface area (Å²) in [5, 5.41) is 12.3. The molecule has 1 unspecified atom stereocenters. The highest BCUT2D eigenvalue weighted by Gasteiger charge is 2.13. The summed E-state index contributed by atoms with van der Waals surface area (Å²) >= 11 is 0. The molecule has 0 spiro atoms. The predicted molar refractivity (Wildman–Crippen MR) is 91.9 cm³/mol. The zero-order chi connectivity index (χ0) is 17.4. The van der Waals surface area contributed by atoms with Gasteiger partial charge in [-0.25, -0.2) is 9.97 Å². The van der Waals surface area contributed by atoms with Crippen LogP contribution >= 0.6 is 0 Å². The van der Waals surface area contributed by atoms with Gasteiger partial charge >= 0.3 is 5.97 Å². The van der Waals surface area contributed by atoms with E-state index in [9.17, 15) is 4.79 Å². The lowest BCUT2D eigenvalue weighted by Gasteiger charge is -2.19. The second kappa shape index (κ2) is 8.98. The minimum atomic E-state index is -0.797. The van der Waals surface area contributed by atoms with Gasteiger partial charge in [-0.3, -0.25) is 4.79 Å². The highest BCUT2D eigenvalue weighted by Crippen LogP contribution is 2.15. The maximum Gasteiger partial charge on any atom is 0.303 e. The molecule has 2 rings (SSSR count). The number of anilines is 1. The first kappa shape index (κ1) is 17.9. The number of ether oxygens (including phenoxy) is 1. The zero-order valence-corrected chi connectivity index (χ0v) is 14.0. The summed E-state index contributed by atoms with van der Waals surface area (Å²) in [4.78, 5) is 19.7. The van der Waals surface area contributed by atoms with Crippen LogP contribution in [0.25, 0.3) is 0 Å². The third-order valence-electron chi connectivity index (χ3n) is 3.56. The van der Waals surface area contributed by atoms with E-state index in [4.69, 9.17) is 9.84 Å². The second-order valence-electron chi connectivity index (χ2n) is 5.71. The zero-order valence-electron chi connectivity index (χ0n) is 14.0. The first-order valence-electron chi connectivity index (χ1n) is 7.92. The van der Waals surface area contributed by atoms with Crippen LogP contribution in [0.3, 0.4) is 0 Å². The minimum Gasteiger partial charge on any atom is -0.481 e. The molecule has 2 aromatic rings. The molecule has 1 aromatic carbocycles. The molecule has 1 heterocycles. The van der Waals surface area contributed by atoms with Gasteiger partial charge in [-0.1, -0.05) is 30.3 Å². The number of hydrogen-bond acceptors (Lipinski definition) is 5. The Morgan fingerprint density at radius 3 is 2.71 bits per heavy atom. The lowest BCUT2D eigenvalue weighted by Crippen LogP contribution is -2.24. The maximum atomic E-state index is 10.9. The number of nitrogens with one attached hydrogen (secondary N) is 1. The van der Waals surface area contributed by atoms with E-state index in [-0.39, 0.29) is 12.5 Å². The number of carboxylic acid groups (broad SMARTS) is 1. The number of benzene rings is 1. The van der Waals surface area contributed by atoms with Crippen molar-refractivity contribution in [1.29, 1.82) is 0 Å². The Bertz CT molecular complexity index is 662. The van der Waals surface area contributed by atoms with Crippen molar-refractivity contribution in [3.05, 3.63) is 53.5 Å². The largest absolute Gasteiger partial charge is 0.481 e.